The minimum Gasteiger partial charge on any atom is -0.461 e. The Morgan fingerprint density at radius 3 is 2.81 bits per heavy atom. The molecule has 1 aromatic heterocycles. The Morgan fingerprint density at radius 2 is 2.25 bits per heavy atom. The maximum atomic E-state index is 11.3. The first-order valence-corrected chi connectivity index (χ1v) is 5.39. The van der Waals surface area contributed by atoms with E-state index in [4.69, 9.17) is 4.74 Å². The van der Waals surface area contributed by atoms with Crippen LogP contribution in [0.4, 0.5) is 5.82 Å². The van der Waals surface area contributed by atoms with E-state index in [0.29, 0.717) is 12.3 Å². The third-order valence-corrected chi connectivity index (χ3v) is 1.87. The average Bonchev–Trinajstić information content (AvgIpc) is 2.62. The van der Waals surface area contributed by atoms with Crippen LogP contribution in [-0.4, -0.2) is 29.3 Å². The summed E-state index contributed by atoms with van der Waals surface area (Å²) in [6.45, 7) is 9.31. The zero-order valence-corrected chi connectivity index (χ0v) is 10.3. The van der Waals surface area contributed by atoms with Gasteiger partial charge in [0.25, 0.3) is 0 Å². The lowest BCUT2D eigenvalue weighted by Crippen LogP contribution is -2.19. The van der Waals surface area contributed by atoms with E-state index < -0.39 is 5.97 Å². The molecule has 5 nitrogen and oxygen atoms in total. The first-order valence-electron chi connectivity index (χ1n) is 5.39. The molecule has 1 aromatic rings. The summed E-state index contributed by atoms with van der Waals surface area (Å²) in [5.41, 5.74) is 0.480. The van der Waals surface area contributed by atoms with Gasteiger partial charge in [-0.1, -0.05) is 20.8 Å². The van der Waals surface area contributed by atoms with E-state index >= 15 is 0 Å². The number of anilines is 1. The van der Waals surface area contributed by atoms with Crippen LogP contribution in [0.15, 0.2) is 6.07 Å². The molecular weight excluding hydrogens is 206 g/mol. The van der Waals surface area contributed by atoms with Crippen LogP contribution in [0.5, 0.6) is 0 Å². The van der Waals surface area contributed by atoms with Crippen LogP contribution in [0.2, 0.25) is 0 Å². The minimum absolute atomic E-state index is 0.176. The van der Waals surface area contributed by atoms with E-state index in [1.807, 2.05) is 0 Å². The summed E-state index contributed by atoms with van der Waals surface area (Å²) in [5, 5.41) is 9.81. The summed E-state index contributed by atoms with van der Waals surface area (Å²) in [7, 11) is 0. The van der Waals surface area contributed by atoms with Crippen LogP contribution in [0.25, 0.3) is 0 Å². The van der Waals surface area contributed by atoms with Gasteiger partial charge in [0, 0.05) is 12.6 Å². The molecule has 5 heteroatoms. The first-order chi connectivity index (χ1) is 7.42. The molecule has 0 amide bonds. The Kier molecular flexibility index (Phi) is 3.93. The van der Waals surface area contributed by atoms with E-state index in [2.05, 4.69) is 36.3 Å². The van der Waals surface area contributed by atoms with Crippen molar-refractivity contribution >= 4 is 11.8 Å². The van der Waals surface area contributed by atoms with Gasteiger partial charge in [-0.15, -0.1) is 0 Å². The van der Waals surface area contributed by atoms with Gasteiger partial charge in [0.05, 0.1) is 6.61 Å². The van der Waals surface area contributed by atoms with Crippen molar-refractivity contribution in [2.45, 2.75) is 27.7 Å². The lowest BCUT2D eigenvalue weighted by Gasteiger charge is -2.18. The lowest BCUT2D eigenvalue weighted by molar-refractivity contribution is 0.0519. The second-order valence-electron chi connectivity index (χ2n) is 4.80. The molecule has 0 unspecified atom stereocenters. The molecule has 0 radical (unpaired) electrons. The van der Waals surface area contributed by atoms with Gasteiger partial charge >= 0.3 is 5.97 Å². The van der Waals surface area contributed by atoms with Crippen molar-refractivity contribution in [1.82, 2.24) is 10.2 Å². The molecule has 90 valence electrons. The molecule has 16 heavy (non-hydrogen) atoms. The monoisotopic (exact) mass is 225 g/mol. The van der Waals surface area contributed by atoms with Crippen molar-refractivity contribution in [3.05, 3.63) is 11.8 Å². The van der Waals surface area contributed by atoms with Gasteiger partial charge in [-0.2, -0.15) is 5.10 Å². The molecule has 0 atom stereocenters. The number of aromatic amines is 1. The summed E-state index contributed by atoms with van der Waals surface area (Å²) in [6, 6.07) is 1.66. The fraction of sp³-hybridized carbons (Fsp3) is 0.636. The van der Waals surface area contributed by atoms with Crippen molar-refractivity contribution in [2.24, 2.45) is 5.41 Å². The smallest absolute Gasteiger partial charge is 0.358 e. The van der Waals surface area contributed by atoms with Gasteiger partial charge in [0.1, 0.15) is 5.82 Å². The Labute approximate surface area is 95.6 Å². The zero-order chi connectivity index (χ0) is 12.2. The Hall–Kier alpha value is -1.52. The fourth-order valence-electron chi connectivity index (χ4n) is 1.08. The molecule has 0 aromatic carbocycles. The lowest BCUT2D eigenvalue weighted by atomic mass is 9.97. The highest BCUT2D eigenvalue weighted by molar-refractivity contribution is 5.88. The van der Waals surface area contributed by atoms with Crippen molar-refractivity contribution < 1.29 is 9.53 Å². The predicted molar refractivity (Wildman–Crippen MR) is 62.5 cm³/mol. The van der Waals surface area contributed by atoms with Crippen LogP contribution in [0.3, 0.4) is 0 Å². The molecule has 0 aliphatic rings. The molecular formula is C11H19N3O2. The Bertz CT molecular complexity index is 352. The molecule has 2 N–H and O–H groups in total. The highest BCUT2D eigenvalue weighted by Gasteiger charge is 2.13. The number of hydrogen-bond acceptors (Lipinski definition) is 4. The second-order valence-corrected chi connectivity index (χ2v) is 4.80. The van der Waals surface area contributed by atoms with E-state index in [-0.39, 0.29) is 5.41 Å². The molecule has 1 rings (SSSR count). The van der Waals surface area contributed by atoms with Crippen LogP contribution in [0, 0.1) is 5.41 Å². The molecule has 0 fully saturated rings. The third kappa shape index (κ3) is 3.92. The van der Waals surface area contributed by atoms with Crippen LogP contribution in [0.1, 0.15) is 38.2 Å². The molecule has 0 aliphatic carbocycles. The molecule has 0 aliphatic heterocycles. The van der Waals surface area contributed by atoms with Crippen LogP contribution in [-0.2, 0) is 4.74 Å². The SMILES string of the molecule is CCOC(=O)c1cc(NCC(C)(C)C)[nH]n1. The minimum atomic E-state index is -0.400. The van der Waals surface area contributed by atoms with Crippen molar-refractivity contribution in [3.63, 3.8) is 0 Å². The topological polar surface area (TPSA) is 67.0 Å². The standard InChI is InChI=1S/C11H19N3O2/c1-5-16-10(15)8-6-9(14-13-8)12-7-11(2,3)4/h6H,5,7H2,1-4H3,(H2,12,13,14). The second kappa shape index (κ2) is 5.01. The summed E-state index contributed by atoms with van der Waals surface area (Å²) in [4.78, 5) is 11.3. The number of ether oxygens (including phenoxy) is 1. The van der Waals surface area contributed by atoms with Crippen molar-refractivity contribution in [1.29, 1.82) is 0 Å². The molecule has 0 spiro atoms. The Morgan fingerprint density at radius 1 is 1.56 bits per heavy atom. The number of nitrogens with zero attached hydrogens (tertiary/aromatic N) is 1. The first kappa shape index (κ1) is 12.5. The molecule has 0 bridgehead atoms. The number of H-pyrrole nitrogens is 1. The maximum Gasteiger partial charge on any atom is 0.358 e. The van der Waals surface area contributed by atoms with Gasteiger partial charge in [0.15, 0.2) is 5.69 Å². The number of esters is 1. The van der Waals surface area contributed by atoms with Gasteiger partial charge in [-0.05, 0) is 12.3 Å². The van der Waals surface area contributed by atoms with Gasteiger partial charge in [-0.25, -0.2) is 4.79 Å². The maximum absolute atomic E-state index is 11.3. The molecule has 0 saturated carbocycles. The summed E-state index contributed by atoms with van der Waals surface area (Å²) in [6.07, 6.45) is 0. The van der Waals surface area contributed by atoms with Crippen molar-refractivity contribution in [2.75, 3.05) is 18.5 Å². The highest BCUT2D eigenvalue weighted by atomic mass is 16.5. The quantitative estimate of drug-likeness (QED) is 0.769. The number of carbonyl (C=O) groups is 1. The van der Waals surface area contributed by atoms with Crippen LogP contribution >= 0.6 is 0 Å². The van der Waals surface area contributed by atoms with Gasteiger partial charge in [0.2, 0.25) is 0 Å². The number of aromatic nitrogens is 2. The fourth-order valence-corrected chi connectivity index (χ4v) is 1.08. The zero-order valence-electron chi connectivity index (χ0n) is 10.3. The average molecular weight is 225 g/mol. The molecule has 0 saturated heterocycles. The van der Waals surface area contributed by atoms with Crippen LogP contribution < -0.4 is 5.32 Å². The number of hydrogen-bond donors (Lipinski definition) is 2. The molecule has 1 heterocycles. The van der Waals surface area contributed by atoms with Gasteiger partial charge in [-0.3, -0.25) is 5.10 Å². The number of carbonyl (C=O) groups excluding carboxylic acids is 1. The van der Waals surface area contributed by atoms with Gasteiger partial charge < -0.3 is 10.1 Å². The van der Waals surface area contributed by atoms with Crippen molar-refractivity contribution in [3.8, 4) is 0 Å². The largest absolute Gasteiger partial charge is 0.461 e. The predicted octanol–water partition coefficient (Wildman–Crippen LogP) is 2.04. The Balaban J connectivity index is 2.55. The highest BCUT2D eigenvalue weighted by Crippen LogP contribution is 2.14. The summed E-state index contributed by atoms with van der Waals surface area (Å²) < 4.78 is 4.84. The van der Waals surface area contributed by atoms with E-state index in [0.717, 1.165) is 12.4 Å². The summed E-state index contributed by atoms with van der Waals surface area (Å²) >= 11 is 0. The summed E-state index contributed by atoms with van der Waals surface area (Å²) in [5.74, 6) is 0.334. The normalized spacial score (nSPS) is 11.2. The number of rotatable bonds is 4. The third-order valence-electron chi connectivity index (χ3n) is 1.87. The van der Waals surface area contributed by atoms with E-state index in [9.17, 15) is 4.79 Å². The van der Waals surface area contributed by atoms with E-state index in [1.165, 1.54) is 0 Å². The number of nitrogens with one attached hydrogen (secondary N) is 2. The van der Waals surface area contributed by atoms with E-state index in [1.54, 1.807) is 13.0 Å².